The summed E-state index contributed by atoms with van der Waals surface area (Å²) in [5.74, 6) is -0.0843. The van der Waals surface area contributed by atoms with Crippen molar-refractivity contribution in [2.75, 3.05) is 11.5 Å². The molecule has 2 aromatic rings. The summed E-state index contributed by atoms with van der Waals surface area (Å²) in [5.41, 5.74) is 12.2. The van der Waals surface area contributed by atoms with E-state index in [4.69, 9.17) is 16.2 Å². The predicted molar refractivity (Wildman–Crippen MR) is 99.5 cm³/mol. The summed E-state index contributed by atoms with van der Waals surface area (Å²) in [6, 6.07) is 7.47. The lowest BCUT2D eigenvalue weighted by molar-refractivity contribution is -0.189. The molecule has 140 valence electrons. The van der Waals surface area contributed by atoms with E-state index >= 15 is 0 Å². The standard InChI is InChI=1S/C16H16F3IN4O2/c1-8(16(17,18)19)26-10-4-2-9(3-5-10)7-23-15(25)11-6-12(20)14(22)24-13(11)21/h2-6,8H,7H2,1H3,(H,23,25)(H4,21,22,24)/t8-/m1/s1. The summed E-state index contributed by atoms with van der Waals surface area (Å²) in [7, 11) is 0. The number of nitrogens with two attached hydrogens (primary N) is 2. The van der Waals surface area contributed by atoms with Gasteiger partial charge < -0.3 is 21.5 Å². The summed E-state index contributed by atoms with van der Waals surface area (Å²) < 4.78 is 42.8. The molecule has 1 amide bonds. The molecule has 0 saturated heterocycles. The van der Waals surface area contributed by atoms with Crippen molar-refractivity contribution < 1.29 is 22.7 Å². The molecule has 0 aliphatic carbocycles. The van der Waals surface area contributed by atoms with Gasteiger partial charge in [-0.1, -0.05) is 12.1 Å². The quantitative estimate of drug-likeness (QED) is 0.571. The lowest BCUT2D eigenvalue weighted by Crippen LogP contribution is -2.31. The molecule has 0 saturated carbocycles. The first-order valence-corrected chi connectivity index (χ1v) is 8.48. The molecular weight excluding hydrogens is 464 g/mol. The Labute approximate surface area is 161 Å². The van der Waals surface area contributed by atoms with Crippen LogP contribution in [0.5, 0.6) is 5.75 Å². The van der Waals surface area contributed by atoms with Gasteiger partial charge in [0.05, 0.1) is 9.13 Å². The number of rotatable bonds is 5. The molecule has 2 rings (SSSR count). The number of hydrogen-bond donors (Lipinski definition) is 3. The Morgan fingerprint density at radius 2 is 1.88 bits per heavy atom. The number of aromatic nitrogens is 1. The van der Waals surface area contributed by atoms with Gasteiger partial charge in [-0.3, -0.25) is 4.79 Å². The van der Waals surface area contributed by atoms with Gasteiger partial charge in [0.2, 0.25) is 0 Å². The first kappa shape index (κ1) is 20.1. The van der Waals surface area contributed by atoms with Crippen LogP contribution in [0.3, 0.4) is 0 Å². The third-order valence-electron chi connectivity index (χ3n) is 3.43. The van der Waals surface area contributed by atoms with Gasteiger partial charge in [-0.2, -0.15) is 13.2 Å². The molecule has 0 aliphatic heterocycles. The van der Waals surface area contributed by atoms with E-state index in [1.165, 1.54) is 18.2 Å². The van der Waals surface area contributed by atoms with Crippen LogP contribution < -0.4 is 21.5 Å². The molecule has 6 nitrogen and oxygen atoms in total. The fourth-order valence-electron chi connectivity index (χ4n) is 1.93. The average Bonchev–Trinajstić information content (AvgIpc) is 2.56. The molecule has 1 aromatic heterocycles. The Kier molecular flexibility index (Phi) is 6.16. The Bertz CT molecular complexity index is 797. The number of halogens is 4. The van der Waals surface area contributed by atoms with Crippen molar-refractivity contribution in [1.29, 1.82) is 0 Å². The normalized spacial score (nSPS) is 12.5. The molecule has 10 heteroatoms. The van der Waals surface area contributed by atoms with Crippen molar-refractivity contribution in [2.24, 2.45) is 0 Å². The van der Waals surface area contributed by atoms with Crippen molar-refractivity contribution in [3.8, 4) is 5.75 Å². The zero-order valence-corrected chi connectivity index (χ0v) is 15.8. The molecule has 26 heavy (non-hydrogen) atoms. The second-order valence-corrected chi connectivity index (χ2v) is 6.58. The van der Waals surface area contributed by atoms with E-state index in [-0.39, 0.29) is 29.5 Å². The van der Waals surface area contributed by atoms with Gasteiger partial charge in [0.1, 0.15) is 17.4 Å². The molecule has 0 spiro atoms. The summed E-state index contributed by atoms with van der Waals surface area (Å²) in [6.07, 6.45) is -6.34. The lowest BCUT2D eigenvalue weighted by Gasteiger charge is -2.17. The van der Waals surface area contributed by atoms with Crippen molar-refractivity contribution in [3.63, 3.8) is 0 Å². The highest BCUT2D eigenvalue weighted by Gasteiger charge is 2.37. The van der Waals surface area contributed by atoms with Gasteiger partial charge in [0.25, 0.3) is 5.91 Å². The second-order valence-electron chi connectivity index (χ2n) is 5.42. The molecule has 1 heterocycles. The minimum atomic E-state index is -4.43. The molecule has 0 bridgehead atoms. The Hall–Kier alpha value is -2.24. The van der Waals surface area contributed by atoms with Crippen LogP contribution in [-0.2, 0) is 6.54 Å². The molecule has 0 aliphatic rings. The van der Waals surface area contributed by atoms with Crippen LogP contribution in [0.15, 0.2) is 30.3 Å². The fraction of sp³-hybridized carbons (Fsp3) is 0.250. The highest BCUT2D eigenvalue weighted by atomic mass is 127. The van der Waals surface area contributed by atoms with Gasteiger partial charge in [-0.05, 0) is 53.3 Å². The SMILES string of the molecule is C[C@@H](Oc1ccc(CNC(=O)c2cc(I)c(N)nc2N)cc1)C(F)(F)F. The largest absolute Gasteiger partial charge is 0.481 e. The van der Waals surface area contributed by atoms with Crippen LogP contribution in [0.25, 0.3) is 0 Å². The van der Waals surface area contributed by atoms with Crippen molar-refractivity contribution in [1.82, 2.24) is 10.3 Å². The molecule has 0 unspecified atom stereocenters. The van der Waals surface area contributed by atoms with Gasteiger partial charge in [-0.25, -0.2) is 4.98 Å². The third-order valence-corrected chi connectivity index (χ3v) is 4.29. The number of carbonyl (C=O) groups excluding carboxylic acids is 1. The van der Waals surface area contributed by atoms with E-state index < -0.39 is 18.2 Å². The minimum Gasteiger partial charge on any atom is -0.481 e. The van der Waals surface area contributed by atoms with Crippen molar-refractivity contribution in [2.45, 2.75) is 25.7 Å². The van der Waals surface area contributed by atoms with E-state index in [1.54, 1.807) is 12.1 Å². The maximum Gasteiger partial charge on any atom is 0.425 e. The lowest BCUT2D eigenvalue weighted by atomic mass is 10.2. The summed E-state index contributed by atoms with van der Waals surface area (Å²) in [6.45, 7) is 1.09. The fourth-order valence-corrected chi connectivity index (χ4v) is 2.37. The molecule has 1 atom stereocenters. The molecule has 5 N–H and O–H groups in total. The topological polar surface area (TPSA) is 103 Å². The number of pyridine rings is 1. The van der Waals surface area contributed by atoms with E-state index in [1.807, 2.05) is 22.6 Å². The maximum absolute atomic E-state index is 12.5. The molecular formula is C16H16F3IN4O2. The summed E-state index contributed by atoms with van der Waals surface area (Å²) in [5, 5.41) is 2.66. The maximum atomic E-state index is 12.5. The Balaban J connectivity index is 1.98. The third kappa shape index (κ3) is 5.13. The average molecular weight is 480 g/mol. The van der Waals surface area contributed by atoms with Crippen LogP contribution in [0, 0.1) is 3.57 Å². The summed E-state index contributed by atoms with van der Waals surface area (Å²) >= 11 is 1.94. The van der Waals surface area contributed by atoms with Gasteiger partial charge in [0.15, 0.2) is 6.10 Å². The number of ether oxygens (including phenoxy) is 1. The predicted octanol–water partition coefficient (Wildman–Crippen LogP) is 3.11. The van der Waals surface area contributed by atoms with E-state index in [0.29, 0.717) is 9.13 Å². The van der Waals surface area contributed by atoms with Crippen LogP contribution in [0.4, 0.5) is 24.8 Å². The highest BCUT2D eigenvalue weighted by Crippen LogP contribution is 2.25. The smallest absolute Gasteiger partial charge is 0.425 e. The van der Waals surface area contributed by atoms with E-state index in [9.17, 15) is 18.0 Å². The van der Waals surface area contributed by atoms with Gasteiger partial charge in [-0.15, -0.1) is 0 Å². The Morgan fingerprint density at radius 3 is 2.46 bits per heavy atom. The molecule has 0 fully saturated rings. The number of nitrogen functional groups attached to an aromatic ring is 2. The number of amides is 1. The van der Waals surface area contributed by atoms with Crippen LogP contribution >= 0.6 is 22.6 Å². The zero-order chi connectivity index (χ0) is 19.5. The zero-order valence-electron chi connectivity index (χ0n) is 13.6. The van der Waals surface area contributed by atoms with Crippen molar-refractivity contribution in [3.05, 3.63) is 45.0 Å². The Morgan fingerprint density at radius 1 is 1.27 bits per heavy atom. The number of anilines is 2. The number of nitrogens with one attached hydrogen (secondary N) is 1. The number of nitrogens with zero attached hydrogens (tertiary/aromatic N) is 1. The molecule has 0 radical (unpaired) electrons. The van der Waals surface area contributed by atoms with Crippen LogP contribution in [0.1, 0.15) is 22.8 Å². The molecule has 1 aromatic carbocycles. The van der Waals surface area contributed by atoms with Crippen LogP contribution in [-0.4, -0.2) is 23.2 Å². The van der Waals surface area contributed by atoms with E-state index in [2.05, 4.69) is 10.3 Å². The number of alkyl halides is 3. The number of benzene rings is 1. The van der Waals surface area contributed by atoms with Gasteiger partial charge >= 0.3 is 6.18 Å². The number of hydrogen-bond acceptors (Lipinski definition) is 5. The van der Waals surface area contributed by atoms with E-state index in [0.717, 1.165) is 6.92 Å². The second kappa shape index (κ2) is 7.98. The van der Waals surface area contributed by atoms with Crippen LogP contribution in [0.2, 0.25) is 0 Å². The highest BCUT2D eigenvalue weighted by molar-refractivity contribution is 14.1. The van der Waals surface area contributed by atoms with Crippen molar-refractivity contribution >= 4 is 40.1 Å². The van der Waals surface area contributed by atoms with Gasteiger partial charge in [0, 0.05) is 6.54 Å². The minimum absolute atomic E-state index is 0.0188. The first-order valence-electron chi connectivity index (χ1n) is 7.40. The monoisotopic (exact) mass is 480 g/mol. The summed E-state index contributed by atoms with van der Waals surface area (Å²) in [4.78, 5) is 16.1. The first-order chi connectivity index (χ1) is 12.1. The number of carbonyl (C=O) groups is 1.